The number of aromatic nitrogens is 3. The lowest BCUT2D eigenvalue weighted by Gasteiger charge is -2.28. The molecule has 1 saturated heterocycles. The van der Waals surface area contributed by atoms with Crippen LogP contribution in [0.25, 0.3) is 28.1 Å². The minimum atomic E-state index is -4.51. The van der Waals surface area contributed by atoms with E-state index in [9.17, 15) is 18.0 Å². The highest BCUT2D eigenvalue weighted by Crippen LogP contribution is 2.39. The second-order valence-electron chi connectivity index (χ2n) is 9.28. The van der Waals surface area contributed by atoms with Gasteiger partial charge in [-0.15, -0.1) is 0 Å². The van der Waals surface area contributed by atoms with Crippen LogP contribution >= 0.6 is 0 Å². The lowest BCUT2D eigenvalue weighted by atomic mass is 9.97. The van der Waals surface area contributed by atoms with E-state index in [2.05, 4.69) is 20.5 Å². The predicted octanol–water partition coefficient (Wildman–Crippen LogP) is 4.26. The average molecular weight is 507 g/mol. The molecular formula is C27H25F3N6O. The van der Waals surface area contributed by atoms with E-state index in [1.165, 1.54) is 21.3 Å². The standard InChI is InChI=1S/C27H25F3N6O/c1-34-23-16-32-22-7-5-17(18-6-8-24(33-15-18)35-11-9-31-10-12-35)13-21(22)25(23)36(26(34)37)20-4-2-3-19(14-20)27(28,29)30/h2-8,13-15,31-32H,9-12,16H2,1H3. The van der Waals surface area contributed by atoms with Crippen molar-refractivity contribution in [3.8, 4) is 28.1 Å². The molecule has 0 aliphatic carbocycles. The molecule has 0 radical (unpaired) electrons. The summed E-state index contributed by atoms with van der Waals surface area (Å²) in [5.74, 6) is 0.925. The Hall–Kier alpha value is -4.05. The number of anilines is 2. The van der Waals surface area contributed by atoms with Crippen LogP contribution in [-0.2, 0) is 19.8 Å². The maximum absolute atomic E-state index is 13.4. The highest BCUT2D eigenvalue weighted by Gasteiger charge is 2.32. The summed E-state index contributed by atoms with van der Waals surface area (Å²) in [6.45, 7) is 4.05. The van der Waals surface area contributed by atoms with E-state index in [1.807, 2.05) is 36.5 Å². The number of nitrogens with zero attached hydrogens (tertiary/aromatic N) is 4. The lowest BCUT2D eigenvalue weighted by Crippen LogP contribution is -2.43. The third-order valence-corrected chi connectivity index (χ3v) is 7.05. The van der Waals surface area contributed by atoms with Gasteiger partial charge < -0.3 is 15.5 Å². The number of imidazole rings is 1. The fourth-order valence-electron chi connectivity index (χ4n) is 5.08. The molecule has 37 heavy (non-hydrogen) atoms. The minimum absolute atomic E-state index is 0.178. The van der Waals surface area contributed by atoms with Crippen LogP contribution in [0.15, 0.2) is 65.6 Å². The third-order valence-electron chi connectivity index (χ3n) is 7.05. The summed E-state index contributed by atoms with van der Waals surface area (Å²) in [7, 11) is 1.64. The number of benzene rings is 2. The molecule has 0 unspecified atom stereocenters. The summed E-state index contributed by atoms with van der Waals surface area (Å²) in [5.41, 5.74) is 3.66. The smallest absolute Gasteiger partial charge is 0.379 e. The topological polar surface area (TPSA) is 67.1 Å². The summed E-state index contributed by atoms with van der Waals surface area (Å²) in [6, 6.07) is 14.8. The minimum Gasteiger partial charge on any atom is -0.379 e. The number of rotatable bonds is 3. The molecule has 2 aromatic carbocycles. The largest absolute Gasteiger partial charge is 0.416 e. The number of hydrogen-bond donors (Lipinski definition) is 2. The molecule has 1 fully saturated rings. The maximum atomic E-state index is 13.4. The zero-order valence-corrected chi connectivity index (χ0v) is 20.1. The Kier molecular flexibility index (Phi) is 5.56. The van der Waals surface area contributed by atoms with Gasteiger partial charge in [-0.25, -0.2) is 9.78 Å². The summed E-state index contributed by atoms with van der Waals surface area (Å²) in [6.07, 6.45) is -2.67. The van der Waals surface area contributed by atoms with Gasteiger partial charge in [0.1, 0.15) is 5.82 Å². The fraction of sp³-hybridized carbons (Fsp3) is 0.259. The number of alkyl halides is 3. The van der Waals surface area contributed by atoms with Gasteiger partial charge in [0, 0.05) is 56.2 Å². The first-order chi connectivity index (χ1) is 17.8. The fourth-order valence-corrected chi connectivity index (χ4v) is 5.08. The molecule has 0 amide bonds. The normalized spacial score (nSPS) is 15.2. The molecule has 0 saturated carbocycles. The molecule has 2 aliphatic rings. The summed E-state index contributed by atoms with van der Waals surface area (Å²) in [5, 5.41) is 6.67. The molecule has 0 bridgehead atoms. The van der Waals surface area contributed by atoms with Crippen molar-refractivity contribution in [1.29, 1.82) is 0 Å². The van der Waals surface area contributed by atoms with E-state index in [4.69, 9.17) is 0 Å². The quantitative estimate of drug-likeness (QED) is 0.435. The zero-order chi connectivity index (χ0) is 25.7. The van der Waals surface area contributed by atoms with Crippen molar-refractivity contribution in [2.45, 2.75) is 12.7 Å². The van der Waals surface area contributed by atoms with Crippen molar-refractivity contribution in [1.82, 2.24) is 19.4 Å². The highest BCUT2D eigenvalue weighted by molar-refractivity contribution is 5.85. The van der Waals surface area contributed by atoms with Gasteiger partial charge in [-0.05, 0) is 48.0 Å². The van der Waals surface area contributed by atoms with E-state index in [0.717, 1.165) is 66.5 Å². The first kappa shape index (κ1) is 23.4. The Morgan fingerprint density at radius 1 is 0.973 bits per heavy atom. The van der Waals surface area contributed by atoms with E-state index in [-0.39, 0.29) is 5.69 Å². The van der Waals surface area contributed by atoms with Gasteiger partial charge in [0.2, 0.25) is 0 Å². The van der Waals surface area contributed by atoms with Gasteiger partial charge in [-0.1, -0.05) is 12.1 Å². The van der Waals surface area contributed by atoms with Crippen LogP contribution in [0.4, 0.5) is 24.7 Å². The van der Waals surface area contributed by atoms with Gasteiger partial charge in [0.15, 0.2) is 0 Å². The Labute approximate surface area is 211 Å². The number of nitrogens with one attached hydrogen (secondary N) is 2. The van der Waals surface area contributed by atoms with E-state index in [1.54, 1.807) is 7.05 Å². The van der Waals surface area contributed by atoms with Crippen molar-refractivity contribution in [2.24, 2.45) is 7.05 Å². The zero-order valence-electron chi connectivity index (χ0n) is 20.1. The van der Waals surface area contributed by atoms with Crippen LogP contribution in [0.3, 0.4) is 0 Å². The second-order valence-corrected chi connectivity index (χ2v) is 9.28. The summed E-state index contributed by atoms with van der Waals surface area (Å²) in [4.78, 5) is 20.2. The summed E-state index contributed by atoms with van der Waals surface area (Å²) >= 11 is 0. The van der Waals surface area contributed by atoms with E-state index in [0.29, 0.717) is 17.9 Å². The average Bonchev–Trinajstić information content (AvgIpc) is 3.18. The molecule has 4 heterocycles. The Morgan fingerprint density at radius 3 is 2.49 bits per heavy atom. The van der Waals surface area contributed by atoms with Crippen molar-refractivity contribution in [3.63, 3.8) is 0 Å². The van der Waals surface area contributed by atoms with E-state index >= 15 is 0 Å². The van der Waals surface area contributed by atoms with Crippen molar-refractivity contribution >= 4 is 11.5 Å². The first-order valence-corrected chi connectivity index (χ1v) is 12.1. The van der Waals surface area contributed by atoms with Crippen molar-refractivity contribution in [3.05, 3.63) is 82.5 Å². The van der Waals surface area contributed by atoms with Gasteiger partial charge in [-0.3, -0.25) is 9.13 Å². The van der Waals surface area contributed by atoms with Crippen LogP contribution in [0.1, 0.15) is 11.3 Å². The van der Waals surface area contributed by atoms with Crippen LogP contribution in [-0.4, -0.2) is 40.3 Å². The summed E-state index contributed by atoms with van der Waals surface area (Å²) < 4.78 is 43.2. The molecule has 2 aromatic heterocycles. The molecular weight excluding hydrogens is 481 g/mol. The highest BCUT2D eigenvalue weighted by atomic mass is 19.4. The second kappa shape index (κ2) is 8.81. The molecule has 2 N–H and O–H groups in total. The van der Waals surface area contributed by atoms with Crippen LogP contribution in [0, 0.1) is 0 Å². The molecule has 2 aliphatic heterocycles. The number of fused-ring (bicyclic) bond motifs is 3. The van der Waals surface area contributed by atoms with Crippen molar-refractivity contribution in [2.75, 3.05) is 36.4 Å². The SMILES string of the molecule is Cn1c2c(n(-c3cccc(C(F)(F)F)c3)c1=O)-c1cc(-c3ccc(N4CCNCC4)nc3)ccc1NC2. The number of pyridine rings is 1. The molecule has 0 spiro atoms. The maximum Gasteiger partial charge on any atom is 0.416 e. The Morgan fingerprint density at radius 2 is 1.76 bits per heavy atom. The lowest BCUT2D eigenvalue weighted by molar-refractivity contribution is -0.137. The van der Waals surface area contributed by atoms with Gasteiger partial charge in [0.25, 0.3) is 0 Å². The number of halogens is 3. The number of piperazine rings is 1. The molecule has 4 aromatic rings. The van der Waals surface area contributed by atoms with E-state index < -0.39 is 17.4 Å². The first-order valence-electron chi connectivity index (χ1n) is 12.1. The van der Waals surface area contributed by atoms with Crippen molar-refractivity contribution < 1.29 is 13.2 Å². The molecule has 10 heteroatoms. The predicted molar refractivity (Wildman–Crippen MR) is 137 cm³/mol. The molecule has 190 valence electrons. The van der Waals surface area contributed by atoms with Crippen LogP contribution < -0.4 is 21.2 Å². The third kappa shape index (κ3) is 4.07. The van der Waals surface area contributed by atoms with Gasteiger partial charge in [-0.2, -0.15) is 13.2 Å². The van der Waals surface area contributed by atoms with Gasteiger partial charge in [0.05, 0.1) is 29.2 Å². The Bertz CT molecular complexity index is 1530. The molecule has 7 nitrogen and oxygen atoms in total. The number of hydrogen-bond acceptors (Lipinski definition) is 5. The van der Waals surface area contributed by atoms with Crippen LogP contribution in [0.5, 0.6) is 0 Å². The van der Waals surface area contributed by atoms with Gasteiger partial charge >= 0.3 is 11.9 Å². The molecule has 0 atom stereocenters. The van der Waals surface area contributed by atoms with Crippen LogP contribution in [0.2, 0.25) is 0 Å². The molecule has 6 rings (SSSR count). The monoisotopic (exact) mass is 506 g/mol. The Balaban J connectivity index is 1.44.